The van der Waals surface area contributed by atoms with E-state index in [1.54, 1.807) is 7.11 Å². The molecule has 1 aromatic heterocycles. The monoisotopic (exact) mass is 257 g/mol. The summed E-state index contributed by atoms with van der Waals surface area (Å²) in [6.45, 7) is 2.20. The van der Waals surface area contributed by atoms with E-state index in [4.69, 9.17) is 21.1 Å². The van der Waals surface area contributed by atoms with Gasteiger partial charge >= 0.3 is 0 Å². The highest BCUT2D eigenvalue weighted by Crippen LogP contribution is 2.29. The number of halogens is 1. The maximum atomic E-state index is 5.87. The van der Waals surface area contributed by atoms with Crippen LogP contribution in [-0.4, -0.2) is 36.8 Å². The molecule has 0 aromatic carbocycles. The van der Waals surface area contributed by atoms with E-state index in [2.05, 4.69) is 15.3 Å². The highest BCUT2D eigenvalue weighted by Gasteiger charge is 2.20. The summed E-state index contributed by atoms with van der Waals surface area (Å²) in [5.74, 6) is 1.86. The molecule has 5 nitrogen and oxygen atoms in total. The van der Waals surface area contributed by atoms with Crippen LogP contribution in [0, 0.1) is 5.92 Å². The van der Waals surface area contributed by atoms with E-state index in [-0.39, 0.29) is 0 Å². The largest absolute Gasteiger partial charge is 0.490 e. The van der Waals surface area contributed by atoms with Gasteiger partial charge in [0.25, 0.3) is 0 Å². The number of hydrogen-bond acceptors (Lipinski definition) is 5. The molecule has 1 N–H and O–H groups in total. The van der Waals surface area contributed by atoms with Gasteiger partial charge in [-0.1, -0.05) is 11.6 Å². The number of anilines is 1. The summed E-state index contributed by atoms with van der Waals surface area (Å²) in [4.78, 5) is 7.91. The van der Waals surface area contributed by atoms with Gasteiger partial charge < -0.3 is 14.8 Å². The fourth-order valence-electron chi connectivity index (χ4n) is 1.44. The quantitative estimate of drug-likeness (QED) is 0.598. The van der Waals surface area contributed by atoms with Crippen molar-refractivity contribution in [3.05, 3.63) is 11.5 Å². The molecular weight excluding hydrogens is 242 g/mol. The fraction of sp³-hybridized carbons (Fsp3) is 0.636. The van der Waals surface area contributed by atoms with Gasteiger partial charge in [-0.25, -0.2) is 9.97 Å². The fourth-order valence-corrected chi connectivity index (χ4v) is 1.65. The lowest BCUT2D eigenvalue weighted by Crippen LogP contribution is -2.12. The van der Waals surface area contributed by atoms with Crippen molar-refractivity contribution in [2.75, 3.05) is 32.2 Å². The number of hydrogen-bond donors (Lipinski definition) is 1. The number of nitrogens with zero attached hydrogens (tertiary/aromatic N) is 2. The Balaban J connectivity index is 1.75. The molecular formula is C11H16ClN3O2. The second-order valence-corrected chi connectivity index (χ2v) is 4.35. The van der Waals surface area contributed by atoms with Gasteiger partial charge in [0.15, 0.2) is 16.7 Å². The van der Waals surface area contributed by atoms with Gasteiger partial charge in [-0.15, -0.1) is 0 Å². The average Bonchev–Trinajstić information content (AvgIpc) is 3.13. The first-order valence-electron chi connectivity index (χ1n) is 5.67. The van der Waals surface area contributed by atoms with Crippen LogP contribution < -0.4 is 10.1 Å². The van der Waals surface area contributed by atoms with Crippen LogP contribution in [0.1, 0.15) is 12.8 Å². The van der Waals surface area contributed by atoms with Gasteiger partial charge in [0.05, 0.1) is 13.7 Å². The zero-order chi connectivity index (χ0) is 12.1. The van der Waals surface area contributed by atoms with Gasteiger partial charge in [0.2, 0.25) is 0 Å². The molecule has 1 saturated carbocycles. The maximum absolute atomic E-state index is 5.87. The van der Waals surface area contributed by atoms with E-state index in [1.807, 2.05) is 0 Å². The van der Waals surface area contributed by atoms with Crippen LogP contribution in [0.15, 0.2) is 6.33 Å². The average molecular weight is 258 g/mol. The van der Waals surface area contributed by atoms with Crippen molar-refractivity contribution < 1.29 is 9.47 Å². The summed E-state index contributed by atoms with van der Waals surface area (Å²) in [5.41, 5.74) is 0. The SMILES string of the molecule is COc1c(Cl)ncnc1NCCOCC1CC1. The van der Waals surface area contributed by atoms with E-state index >= 15 is 0 Å². The first-order chi connectivity index (χ1) is 8.31. The van der Waals surface area contributed by atoms with Crippen molar-refractivity contribution >= 4 is 17.4 Å². The van der Waals surface area contributed by atoms with Crippen LogP contribution in [0.3, 0.4) is 0 Å². The van der Waals surface area contributed by atoms with Crippen molar-refractivity contribution in [2.45, 2.75) is 12.8 Å². The molecule has 1 fully saturated rings. The van der Waals surface area contributed by atoms with Gasteiger partial charge in [0, 0.05) is 13.2 Å². The Bertz CT molecular complexity index is 372. The first-order valence-corrected chi connectivity index (χ1v) is 6.05. The number of ether oxygens (including phenoxy) is 2. The topological polar surface area (TPSA) is 56.3 Å². The Morgan fingerprint density at radius 1 is 1.47 bits per heavy atom. The molecule has 0 amide bonds. The number of nitrogens with one attached hydrogen (secondary N) is 1. The highest BCUT2D eigenvalue weighted by atomic mass is 35.5. The smallest absolute Gasteiger partial charge is 0.198 e. The van der Waals surface area contributed by atoms with E-state index in [9.17, 15) is 0 Å². The molecule has 1 aliphatic carbocycles. The standard InChI is InChI=1S/C11H16ClN3O2/c1-16-9-10(12)14-7-15-11(9)13-4-5-17-6-8-2-3-8/h7-8H,2-6H2,1H3,(H,13,14,15). The predicted octanol–water partition coefficient (Wildman–Crippen LogP) is 1.98. The van der Waals surface area contributed by atoms with Crippen molar-refractivity contribution in [1.29, 1.82) is 0 Å². The second kappa shape index (κ2) is 6.02. The lowest BCUT2D eigenvalue weighted by molar-refractivity contribution is 0.134. The molecule has 6 heteroatoms. The van der Waals surface area contributed by atoms with E-state index in [1.165, 1.54) is 19.2 Å². The van der Waals surface area contributed by atoms with E-state index in [0.717, 1.165) is 12.5 Å². The van der Waals surface area contributed by atoms with Gasteiger partial charge in [0.1, 0.15) is 6.33 Å². The lowest BCUT2D eigenvalue weighted by atomic mass is 10.5. The molecule has 17 heavy (non-hydrogen) atoms. The lowest BCUT2D eigenvalue weighted by Gasteiger charge is -2.10. The predicted molar refractivity (Wildman–Crippen MR) is 65.6 cm³/mol. The van der Waals surface area contributed by atoms with Crippen LogP contribution >= 0.6 is 11.6 Å². The van der Waals surface area contributed by atoms with E-state index in [0.29, 0.717) is 29.9 Å². The third kappa shape index (κ3) is 3.71. The Labute approximate surface area is 105 Å². The molecule has 0 bridgehead atoms. The Morgan fingerprint density at radius 2 is 2.29 bits per heavy atom. The molecule has 94 valence electrons. The van der Waals surface area contributed by atoms with Gasteiger partial charge in [-0.05, 0) is 18.8 Å². The molecule has 1 heterocycles. The van der Waals surface area contributed by atoms with Crippen molar-refractivity contribution in [1.82, 2.24) is 9.97 Å². The summed E-state index contributed by atoms with van der Waals surface area (Å²) >= 11 is 5.87. The molecule has 2 rings (SSSR count). The molecule has 1 aliphatic rings. The Kier molecular flexibility index (Phi) is 4.39. The Hall–Kier alpha value is -1.07. The zero-order valence-electron chi connectivity index (χ0n) is 9.78. The first kappa shape index (κ1) is 12.4. The van der Waals surface area contributed by atoms with Gasteiger partial charge in [-0.2, -0.15) is 0 Å². The maximum Gasteiger partial charge on any atom is 0.198 e. The van der Waals surface area contributed by atoms with Crippen LogP contribution in [0.2, 0.25) is 5.15 Å². The minimum absolute atomic E-state index is 0.309. The van der Waals surface area contributed by atoms with Crippen molar-refractivity contribution in [3.8, 4) is 5.75 Å². The minimum atomic E-state index is 0.309. The second-order valence-electron chi connectivity index (χ2n) is 3.99. The normalized spacial score (nSPS) is 14.7. The third-order valence-electron chi connectivity index (χ3n) is 2.55. The van der Waals surface area contributed by atoms with Crippen molar-refractivity contribution in [3.63, 3.8) is 0 Å². The highest BCUT2D eigenvalue weighted by molar-refractivity contribution is 6.31. The minimum Gasteiger partial charge on any atom is -0.490 e. The summed E-state index contributed by atoms with van der Waals surface area (Å²) in [6, 6.07) is 0. The number of aromatic nitrogens is 2. The van der Waals surface area contributed by atoms with Gasteiger partial charge in [-0.3, -0.25) is 0 Å². The third-order valence-corrected chi connectivity index (χ3v) is 2.82. The molecule has 0 spiro atoms. The van der Waals surface area contributed by atoms with Crippen LogP contribution in [0.5, 0.6) is 5.75 Å². The number of rotatable bonds is 7. The molecule has 1 aromatic rings. The van der Waals surface area contributed by atoms with Crippen LogP contribution in [0.4, 0.5) is 5.82 Å². The summed E-state index contributed by atoms with van der Waals surface area (Å²) in [6.07, 6.45) is 4.02. The molecule has 0 saturated heterocycles. The number of methoxy groups -OCH3 is 1. The summed E-state index contributed by atoms with van der Waals surface area (Å²) in [5, 5.41) is 3.42. The van der Waals surface area contributed by atoms with Crippen LogP contribution in [-0.2, 0) is 4.74 Å². The van der Waals surface area contributed by atoms with Crippen molar-refractivity contribution in [2.24, 2.45) is 5.92 Å². The molecule has 0 unspecified atom stereocenters. The zero-order valence-corrected chi connectivity index (χ0v) is 10.5. The Morgan fingerprint density at radius 3 is 3.00 bits per heavy atom. The van der Waals surface area contributed by atoms with E-state index < -0.39 is 0 Å². The molecule has 0 aliphatic heterocycles. The summed E-state index contributed by atoms with van der Waals surface area (Å²) < 4.78 is 10.6. The molecule has 0 radical (unpaired) electrons. The summed E-state index contributed by atoms with van der Waals surface area (Å²) in [7, 11) is 1.54. The van der Waals surface area contributed by atoms with Crippen LogP contribution in [0.25, 0.3) is 0 Å². The molecule has 0 atom stereocenters.